The van der Waals surface area contributed by atoms with Gasteiger partial charge >= 0.3 is 5.97 Å². The second-order valence-corrected chi connectivity index (χ2v) is 10.2. The first-order chi connectivity index (χ1) is 13.1. The predicted octanol–water partition coefficient (Wildman–Crippen LogP) is 7.23. The molecule has 2 aliphatic rings. The van der Waals surface area contributed by atoms with E-state index in [-0.39, 0.29) is 5.97 Å². The predicted molar refractivity (Wildman–Crippen MR) is 118 cm³/mol. The molecule has 1 fully saturated rings. The Hall–Kier alpha value is -1.38. The van der Waals surface area contributed by atoms with Gasteiger partial charge in [-0.1, -0.05) is 55.6 Å². The summed E-state index contributed by atoms with van der Waals surface area (Å²) in [5.74, 6) is 1.16. The van der Waals surface area contributed by atoms with Gasteiger partial charge < -0.3 is 4.84 Å². The van der Waals surface area contributed by atoms with Crippen molar-refractivity contribution in [2.75, 3.05) is 0 Å². The summed E-state index contributed by atoms with van der Waals surface area (Å²) in [7, 11) is 0. The van der Waals surface area contributed by atoms with Crippen LogP contribution in [0.25, 0.3) is 0 Å². The molecule has 0 saturated heterocycles. The molecule has 0 aromatic carbocycles. The van der Waals surface area contributed by atoms with E-state index in [0.29, 0.717) is 16.7 Å². The fourth-order valence-corrected chi connectivity index (χ4v) is 5.88. The Morgan fingerprint density at radius 1 is 1.21 bits per heavy atom. The van der Waals surface area contributed by atoms with Gasteiger partial charge in [0.25, 0.3) is 0 Å². The van der Waals surface area contributed by atoms with Crippen LogP contribution in [0.5, 0.6) is 0 Å². The first-order valence-electron chi connectivity index (χ1n) is 11.1. The fraction of sp³-hybridized carbons (Fsp3) is 0.760. The Labute approximate surface area is 172 Å². The van der Waals surface area contributed by atoms with Gasteiger partial charge in [-0.2, -0.15) is 0 Å². The van der Waals surface area contributed by atoms with Gasteiger partial charge in [-0.25, -0.2) is 4.79 Å². The molecule has 0 aromatic heterocycles. The largest absolute Gasteiger partial charge is 0.331 e. The van der Waals surface area contributed by atoms with Gasteiger partial charge in [0.15, 0.2) is 0 Å². The van der Waals surface area contributed by atoms with Gasteiger partial charge in [0, 0.05) is 6.92 Å². The molecule has 158 valence electrons. The zero-order chi connectivity index (χ0) is 20.9. The first kappa shape index (κ1) is 22.9. The highest BCUT2D eigenvalue weighted by molar-refractivity contribution is 5.82. The number of nitrogens with zero attached hydrogens (tertiary/aromatic N) is 1. The summed E-state index contributed by atoms with van der Waals surface area (Å²) in [5, 5.41) is 3.85. The van der Waals surface area contributed by atoms with Crippen LogP contribution in [0, 0.1) is 22.7 Å². The number of hydrogen-bond acceptors (Lipinski definition) is 3. The molecule has 2 aliphatic carbocycles. The van der Waals surface area contributed by atoms with Gasteiger partial charge in [0.2, 0.25) is 0 Å². The molecule has 3 atom stereocenters. The monoisotopic (exact) mass is 387 g/mol. The molecule has 2 rings (SSSR count). The maximum atomic E-state index is 10.8. The Balaban J connectivity index is 1.95. The SMILES string of the molecule is CC(=O)O/N=C(\C)CC/C=C(\C)CC[C@@H]1C(C)=CC[C@H]2C(C)(C)CCC[C@@]12C. The number of fused-ring (bicyclic) bond motifs is 1. The van der Waals surface area contributed by atoms with Gasteiger partial charge in [-0.15, -0.1) is 0 Å². The third kappa shape index (κ3) is 5.58. The van der Waals surface area contributed by atoms with Crippen LogP contribution in [0.3, 0.4) is 0 Å². The summed E-state index contributed by atoms with van der Waals surface area (Å²) < 4.78 is 0. The normalized spacial score (nSPS) is 30.5. The molecule has 0 amide bonds. The number of allylic oxidation sites excluding steroid dienone is 4. The lowest BCUT2D eigenvalue weighted by atomic mass is 9.48. The van der Waals surface area contributed by atoms with Crippen LogP contribution in [0.4, 0.5) is 0 Å². The molecule has 0 bridgehead atoms. The van der Waals surface area contributed by atoms with Gasteiger partial charge in [0.1, 0.15) is 0 Å². The second kappa shape index (κ2) is 9.41. The van der Waals surface area contributed by atoms with Gasteiger partial charge in [0.05, 0.1) is 5.71 Å². The van der Waals surface area contributed by atoms with Crippen LogP contribution in [-0.4, -0.2) is 11.7 Å². The molecule has 3 nitrogen and oxygen atoms in total. The summed E-state index contributed by atoms with van der Waals surface area (Å²) in [6.45, 7) is 15.5. The van der Waals surface area contributed by atoms with Crippen molar-refractivity contribution >= 4 is 11.7 Å². The third-order valence-electron chi connectivity index (χ3n) is 7.45. The van der Waals surface area contributed by atoms with E-state index in [2.05, 4.69) is 51.9 Å². The third-order valence-corrected chi connectivity index (χ3v) is 7.45. The highest BCUT2D eigenvalue weighted by Crippen LogP contribution is 2.60. The van der Waals surface area contributed by atoms with Crippen molar-refractivity contribution in [1.29, 1.82) is 0 Å². The number of oxime groups is 1. The molecule has 0 radical (unpaired) electrons. The minimum Gasteiger partial charge on any atom is -0.319 e. The summed E-state index contributed by atoms with van der Waals surface area (Å²) in [5.41, 5.74) is 4.87. The molecule has 0 spiro atoms. The Morgan fingerprint density at radius 3 is 2.61 bits per heavy atom. The molecule has 1 saturated carbocycles. The lowest BCUT2D eigenvalue weighted by molar-refractivity contribution is -0.140. The van der Waals surface area contributed by atoms with E-state index in [1.807, 2.05) is 6.92 Å². The molecular formula is C25H41NO2. The summed E-state index contributed by atoms with van der Waals surface area (Å²) in [6.07, 6.45) is 14.5. The molecule has 0 aliphatic heterocycles. The highest BCUT2D eigenvalue weighted by atomic mass is 16.7. The van der Waals surface area contributed by atoms with Crippen molar-refractivity contribution < 1.29 is 9.63 Å². The molecule has 0 unspecified atom stereocenters. The van der Waals surface area contributed by atoms with Crippen molar-refractivity contribution in [2.24, 2.45) is 27.8 Å². The number of rotatable bonds is 7. The van der Waals surface area contributed by atoms with Crippen LogP contribution < -0.4 is 0 Å². The van der Waals surface area contributed by atoms with E-state index in [9.17, 15) is 4.79 Å². The Morgan fingerprint density at radius 2 is 1.93 bits per heavy atom. The number of hydrogen-bond donors (Lipinski definition) is 0. The quantitative estimate of drug-likeness (QED) is 0.200. The zero-order valence-corrected chi connectivity index (χ0v) is 19.2. The van der Waals surface area contributed by atoms with E-state index in [0.717, 1.165) is 24.5 Å². The van der Waals surface area contributed by atoms with Crippen molar-refractivity contribution in [3.63, 3.8) is 0 Å². The van der Waals surface area contributed by atoms with Crippen molar-refractivity contribution in [3.05, 3.63) is 23.3 Å². The molecular weight excluding hydrogens is 346 g/mol. The first-order valence-corrected chi connectivity index (χ1v) is 11.1. The van der Waals surface area contributed by atoms with Gasteiger partial charge in [-0.3, -0.25) is 0 Å². The summed E-state index contributed by atoms with van der Waals surface area (Å²) >= 11 is 0. The van der Waals surface area contributed by atoms with E-state index >= 15 is 0 Å². The average Bonchev–Trinajstić information content (AvgIpc) is 2.58. The number of carbonyl (C=O) groups is 1. The van der Waals surface area contributed by atoms with Crippen molar-refractivity contribution in [1.82, 2.24) is 0 Å². The fourth-order valence-electron chi connectivity index (χ4n) is 5.88. The van der Waals surface area contributed by atoms with Crippen LogP contribution in [0.1, 0.15) is 99.8 Å². The van der Waals surface area contributed by atoms with Crippen LogP contribution in [0.2, 0.25) is 0 Å². The minimum atomic E-state index is -0.361. The summed E-state index contributed by atoms with van der Waals surface area (Å²) in [6, 6.07) is 0. The lowest BCUT2D eigenvalue weighted by Crippen LogP contribution is -2.48. The van der Waals surface area contributed by atoms with E-state index in [4.69, 9.17) is 4.84 Å². The average molecular weight is 388 g/mol. The standard InChI is InChI=1S/C25H41NO2/c1-18(10-8-11-20(3)26-28-21(4)27)12-14-22-19(2)13-15-23-24(5,6)16-9-17-25(22,23)7/h10,13,22-23H,8-9,11-12,14-17H2,1-7H3/b18-10+,26-20+/t22-,23+,25+/m1/s1. The van der Waals surface area contributed by atoms with Gasteiger partial charge in [-0.05, 0) is 88.4 Å². The highest BCUT2D eigenvalue weighted by Gasteiger charge is 2.51. The molecule has 3 heteroatoms. The van der Waals surface area contributed by atoms with Crippen LogP contribution in [-0.2, 0) is 9.63 Å². The molecule has 0 aromatic rings. The molecule has 0 heterocycles. The van der Waals surface area contributed by atoms with E-state index in [1.54, 1.807) is 5.57 Å². The second-order valence-electron chi connectivity index (χ2n) is 10.2. The summed E-state index contributed by atoms with van der Waals surface area (Å²) in [4.78, 5) is 15.5. The van der Waals surface area contributed by atoms with Crippen molar-refractivity contribution in [2.45, 2.75) is 99.8 Å². The van der Waals surface area contributed by atoms with E-state index < -0.39 is 0 Å². The smallest absolute Gasteiger partial charge is 0.319 e. The van der Waals surface area contributed by atoms with Crippen molar-refractivity contribution in [3.8, 4) is 0 Å². The zero-order valence-electron chi connectivity index (χ0n) is 19.2. The topological polar surface area (TPSA) is 38.7 Å². The Kier molecular flexibility index (Phi) is 7.70. The lowest BCUT2D eigenvalue weighted by Gasteiger charge is -2.57. The molecule has 28 heavy (non-hydrogen) atoms. The van der Waals surface area contributed by atoms with Crippen LogP contribution >= 0.6 is 0 Å². The maximum absolute atomic E-state index is 10.8. The molecule has 0 N–H and O–H groups in total. The number of carbonyl (C=O) groups excluding carboxylic acids is 1. The van der Waals surface area contributed by atoms with E-state index in [1.165, 1.54) is 51.0 Å². The maximum Gasteiger partial charge on any atom is 0.331 e. The minimum absolute atomic E-state index is 0.361. The van der Waals surface area contributed by atoms with Crippen LogP contribution in [0.15, 0.2) is 28.5 Å². The Bertz CT molecular complexity index is 655.